The lowest BCUT2D eigenvalue weighted by molar-refractivity contribution is 0.376. The van der Waals surface area contributed by atoms with E-state index in [9.17, 15) is 0 Å². The molecule has 18 heavy (non-hydrogen) atoms. The summed E-state index contributed by atoms with van der Waals surface area (Å²) in [6, 6.07) is 2.20. The van der Waals surface area contributed by atoms with Crippen LogP contribution in [-0.2, 0) is 0 Å². The Morgan fingerprint density at radius 3 is 1.33 bits per heavy atom. The lowest BCUT2D eigenvalue weighted by Crippen LogP contribution is -2.55. The molecule has 0 bridgehead atoms. The monoisotopic (exact) mass is 278 g/mol. The molecule has 0 aliphatic rings. The third-order valence-corrected chi connectivity index (χ3v) is 2.64. The molecule has 2 atom stereocenters. The first kappa shape index (κ1) is 19.8. The Bertz CT molecular complexity index is 259. The Morgan fingerprint density at radius 1 is 0.889 bits per heavy atom. The minimum Gasteiger partial charge on any atom is -0.312 e. The summed E-state index contributed by atoms with van der Waals surface area (Å²) in [6.45, 7) is 7.36. The van der Waals surface area contributed by atoms with Gasteiger partial charge in [-0.15, -0.1) is 12.4 Å². The smallest absolute Gasteiger partial charge is 0.0913 e. The zero-order valence-electron chi connectivity index (χ0n) is 11.7. The van der Waals surface area contributed by atoms with Crippen molar-refractivity contribution in [2.75, 3.05) is 0 Å². The lowest BCUT2D eigenvalue weighted by Gasteiger charge is -2.25. The van der Waals surface area contributed by atoms with Crippen molar-refractivity contribution in [2.45, 2.75) is 63.9 Å². The van der Waals surface area contributed by atoms with E-state index in [2.05, 4.69) is 16.0 Å². The molecule has 0 saturated carbocycles. The molecule has 0 spiro atoms. The zero-order valence-corrected chi connectivity index (χ0v) is 12.5. The standard InChI is InChI=1S/C11H26N6.ClH/c1-5-8(10(3,12)13)16-7-17-9(6-2)11(4,14)15;/h8-9H,5-6,12-15H2,1-4H3;1H. The Kier molecular flexibility index (Phi) is 8.64. The van der Waals surface area contributed by atoms with Crippen LogP contribution in [0.4, 0.5) is 0 Å². The molecule has 108 valence electrons. The Hall–Kier alpha value is -0.490. The quantitative estimate of drug-likeness (QED) is 0.414. The van der Waals surface area contributed by atoms with Gasteiger partial charge in [0.25, 0.3) is 0 Å². The molecular formula is C11H27ClN6. The minimum absolute atomic E-state index is 0. The summed E-state index contributed by atoms with van der Waals surface area (Å²) in [5.41, 5.74) is 21.4. The lowest BCUT2D eigenvalue weighted by atomic mass is 10.0. The number of hydrogen-bond acceptors (Lipinski definition) is 6. The van der Waals surface area contributed by atoms with Crippen LogP contribution in [0.3, 0.4) is 0 Å². The number of aliphatic imine (C=N–C) groups is 2. The van der Waals surface area contributed by atoms with Gasteiger partial charge in [-0.1, -0.05) is 13.8 Å². The van der Waals surface area contributed by atoms with Gasteiger partial charge >= 0.3 is 0 Å². The van der Waals surface area contributed by atoms with Crippen LogP contribution in [0, 0.1) is 0 Å². The molecule has 0 saturated heterocycles. The number of rotatable bonds is 6. The summed E-state index contributed by atoms with van der Waals surface area (Å²) in [7, 11) is 0. The summed E-state index contributed by atoms with van der Waals surface area (Å²) in [5, 5.41) is 0. The van der Waals surface area contributed by atoms with Crippen molar-refractivity contribution in [3.63, 3.8) is 0 Å². The first-order valence-corrected chi connectivity index (χ1v) is 5.93. The van der Waals surface area contributed by atoms with E-state index in [1.165, 1.54) is 0 Å². The van der Waals surface area contributed by atoms with E-state index in [0.29, 0.717) is 0 Å². The molecule has 0 aromatic rings. The topological polar surface area (TPSA) is 129 Å². The first-order chi connectivity index (χ1) is 7.62. The maximum absolute atomic E-state index is 5.78. The maximum atomic E-state index is 5.78. The molecule has 0 rings (SSSR count). The van der Waals surface area contributed by atoms with Crippen LogP contribution in [0.25, 0.3) is 0 Å². The molecule has 0 radical (unpaired) electrons. The fourth-order valence-electron chi connectivity index (χ4n) is 1.51. The van der Waals surface area contributed by atoms with Gasteiger partial charge in [0.05, 0.1) is 29.4 Å². The minimum atomic E-state index is -0.867. The summed E-state index contributed by atoms with van der Waals surface area (Å²) < 4.78 is 0. The number of hydrogen-bond donors (Lipinski definition) is 4. The molecular weight excluding hydrogens is 252 g/mol. The van der Waals surface area contributed by atoms with Crippen LogP contribution in [0.15, 0.2) is 9.98 Å². The van der Waals surface area contributed by atoms with Crippen molar-refractivity contribution in [2.24, 2.45) is 32.9 Å². The van der Waals surface area contributed by atoms with Crippen LogP contribution in [0.2, 0.25) is 0 Å². The molecule has 0 aromatic carbocycles. The average molecular weight is 279 g/mol. The van der Waals surface area contributed by atoms with E-state index in [4.69, 9.17) is 22.9 Å². The molecule has 0 aliphatic carbocycles. The van der Waals surface area contributed by atoms with E-state index in [1.807, 2.05) is 13.8 Å². The van der Waals surface area contributed by atoms with Crippen molar-refractivity contribution in [3.05, 3.63) is 0 Å². The maximum Gasteiger partial charge on any atom is 0.0913 e. The van der Waals surface area contributed by atoms with E-state index in [-0.39, 0.29) is 24.5 Å². The SMILES string of the molecule is CCC(N=C=NC(CC)C(C)(N)N)C(C)(N)N.Cl. The van der Waals surface area contributed by atoms with Crippen molar-refractivity contribution in [1.82, 2.24) is 0 Å². The van der Waals surface area contributed by atoms with Crippen LogP contribution in [0.5, 0.6) is 0 Å². The van der Waals surface area contributed by atoms with Gasteiger partial charge in [-0.2, -0.15) is 0 Å². The molecule has 7 heteroatoms. The molecule has 0 heterocycles. The Balaban J connectivity index is 0. The van der Waals surface area contributed by atoms with Gasteiger partial charge in [0.2, 0.25) is 0 Å². The van der Waals surface area contributed by atoms with Gasteiger partial charge in [-0.25, -0.2) is 9.98 Å². The zero-order chi connectivity index (χ0) is 13.7. The molecule has 0 fully saturated rings. The predicted molar refractivity (Wildman–Crippen MR) is 78.8 cm³/mol. The number of nitrogens with two attached hydrogens (primary N) is 4. The third kappa shape index (κ3) is 7.06. The summed E-state index contributed by atoms with van der Waals surface area (Å²) in [5.74, 6) is 0. The predicted octanol–water partition coefficient (Wildman–Crippen LogP) is 0.407. The molecule has 8 N–H and O–H groups in total. The second-order valence-electron chi connectivity index (χ2n) is 4.94. The van der Waals surface area contributed by atoms with Gasteiger partial charge in [0, 0.05) is 0 Å². The highest BCUT2D eigenvalue weighted by molar-refractivity contribution is 5.85. The number of halogens is 1. The van der Waals surface area contributed by atoms with Crippen LogP contribution >= 0.6 is 12.4 Å². The second kappa shape index (κ2) is 7.84. The highest BCUT2D eigenvalue weighted by Crippen LogP contribution is 2.09. The third-order valence-electron chi connectivity index (χ3n) is 2.64. The van der Waals surface area contributed by atoms with E-state index in [0.717, 1.165) is 12.8 Å². The van der Waals surface area contributed by atoms with Gasteiger partial charge in [0.15, 0.2) is 0 Å². The fourth-order valence-corrected chi connectivity index (χ4v) is 1.51. The van der Waals surface area contributed by atoms with Gasteiger partial charge in [-0.05, 0) is 26.7 Å². The molecule has 0 aromatic heterocycles. The summed E-state index contributed by atoms with van der Waals surface area (Å²) >= 11 is 0. The summed E-state index contributed by atoms with van der Waals surface area (Å²) in [4.78, 5) is 8.27. The Labute approximate surface area is 116 Å². The van der Waals surface area contributed by atoms with Crippen molar-refractivity contribution in [1.29, 1.82) is 0 Å². The fraction of sp³-hybridized carbons (Fsp3) is 0.909. The molecule has 6 nitrogen and oxygen atoms in total. The normalized spacial score (nSPS) is 15.1. The largest absolute Gasteiger partial charge is 0.312 e. The molecule has 2 unspecified atom stereocenters. The first-order valence-electron chi connectivity index (χ1n) is 5.93. The van der Waals surface area contributed by atoms with E-state index >= 15 is 0 Å². The average Bonchev–Trinajstić information content (AvgIpc) is 2.13. The molecule has 0 aliphatic heterocycles. The highest BCUT2D eigenvalue weighted by atomic mass is 35.5. The van der Waals surface area contributed by atoms with Crippen molar-refractivity contribution in [3.8, 4) is 0 Å². The highest BCUT2D eigenvalue weighted by Gasteiger charge is 2.24. The summed E-state index contributed by atoms with van der Waals surface area (Å²) in [6.07, 6.45) is 1.46. The van der Waals surface area contributed by atoms with E-state index < -0.39 is 11.3 Å². The van der Waals surface area contributed by atoms with E-state index in [1.54, 1.807) is 13.8 Å². The van der Waals surface area contributed by atoms with Gasteiger partial charge in [-0.3, -0.25) is 0 Å². The van der Waals surface area contributed by atoms with Crippen molar-refractivity contribution < 1.29 is 0 Å². The van der Waals surface area contributed by atoms with Gasteiger partial charge in [0.1, 0.15) is 0 Å². The Morgan fingerprint density at radius 2 is 1.17 bits per heavy atom. The van der Waals surface area contributed by atoms with Crippen LogP contribution in [0.1, 0.15) is 40.5 Å². The second-order valence-corrected chi connectivity index (χ2v) is 4.94. The van der Waals surface area contributed by atoms with Crippen LogP contribution < -0.4 is 22.9 Å². The number of nitrogens with zero attached hydrogens (tertiary/aromatic N) is 2. The van der Waals surface area contributed by atoms with Gasteiger partial charge < -0.3 is 22.9 Å². The molecule has 0 amide bonds. The van der Waals surface area contributed by atoms with Crippen LogP contribution in [-0.4, -0.2) is 29.4 Å². The van der Waals surface area contributed by atoms with Crippen molar-refractivity contribution >= 4 is 18.4 Å².